The van der Waals surface area contributed by atoms with Crippen LogP contribution in [0.4, 0.5) is 0 Å². The number of benzene rings is 1. The minimum Gasteiger partial charge on any atom is -0.350 e. The molecule has 0 spiro atoms. The number of nitrogens with zero attached hydrogens (tertiary/aromatic N) is 2. The van der Waals surface area contributed by atoms with Gasteiger partial charge in [-0.15, -0.1) is 0 Å². The molecule has 1 N–H and O–H groups in total. The van der Waals surface area contributed by atoms with Gasteiger partial charge in [0, 0.05) is 43.8 Å². The third-order valence-electron chi connectivity index (χ3n) is 6.75. The topological polar surface area (TPSA) is 69.7 Å². The Morgan fingerprint density at radius 2 is 1.73 bits per heavy atom. The maximum Gasteiger partial charge on any atom is 0.251 e. The van der Waals surface area contributed by atoms with E-state index in [0.717, 1.165) is 55.5 Å². The first-order chi connectivity index (χ1) is 14.3. The molecule has 1 aromatic carbocycles. The number of piperazine rings is 1. The van der Waals surface area contributed by atoms with E-state index in [1.807, 2.05) is 39.0 Å². The predicted molar refractivity (Wildman–Crippen MR) is 121 cm³/mol. The number of hydrogen-bond acceptors (Lipinski definition) is 4. The Bertz CT molecular complexity index is 839. The van der Waals surface area contributed by atoms with Gasteiger partial charge in [0.15, 0.2) is 0 Å². The number of carbonyl (C=O) groups excluding carboxylic acids is 1. The zero-order chi connectivity index (χ0) is 21.8. The molecule has 2 fully saturated rings. The minimum absolute atomic E-state index is 0.0124. The van der Waals surface area contributed by atoms with E-state index in [-0.39, 0.29) is 17.2 Å². The third kappa shape index (κ3) is 5.24. The van der Waals surface area contributed by atoms with E-state index in [4.69, 9.17) is 0 Å². The highest BCUT2D eigenvalue weighted by molar-refractivity contribution is 7.89. The molecule has 3 rings (SSSR count). The molecule has 30 heavy (non-hydrogen) atoms. The molecule has 0 aromatic heterocycles. The fourth-order valence-corrected chi connectivity index (χ4v) is 6.54. The number of carbonyl (C=O) groups is 1. The first-order valence-electron chi connectivity index (χ1n) is 11.4. The zero-order valence-electron chi connectivity index (χ0n) is 18.7. The third-order valence-corrected chi connectivity index (χ3v) is 8.83. The van der Waals surface area contributed by atoms with Gasteiger partial charge in [-0.3, -0.25) is 9.69 Å². The van der Waals surface area contributed by atoms with Crippen LogP contribution in [0.2, 0.25) is 0 Å². The fraction of sp³-hybridized carbons (Fsp3) is 0.696. The lowest BCUT2D eigenvalue weighted by Crippen LogP contribution is -2.62. The molecule has 7 heteroatoms. The molecule has 0 bridgehead atoms. The van der Waals surface area contributed by atoms with Crippen LogP contribution < -0.4 is 5.32 Å². The number of sulfonamides is 1. The van der Waals surface area contributed by atoms with Crippen LogP contribution in [0.1, 0.15) is 66.9 Å². The summed E-state index contributed by atoms with van der Waals surface area (Å²) in [5, 5.41) is 3.22. The van der Waals surface area contributed by atoms with Crippen molar-refractivity contribution in [1.29, 1.82) is 0 Å². The van der Waals surface area contributed by atoms with Crippen molar-refractivity contribution in [2.45, 2.75) is 64.8 Å². The summed E-state index contributed by atoms with van der Waals surface area (Å²) in [7, 11) is -3.14. The van der Waals surface area contributed by atoms with Crippen LogP contribution in [0.15, 0.2) is 18.2 Å². The van der Waals surface area contributed by atoms with Crippen LogP contribution >= 0.6 is 0 Å². The quantitative estimate of drug-likeness (QED) is 0.715. The Labute approximate surface area is 182 Å². The molecule has 0 atom stereocenters. The number of aryl methyl sites for hydroxylation is 2. The van der Waals surface area contributed by atoms with Gasteiger partial charge in [-0.05, 0) is 44.7 Å². The number of hydrogen-bond donors (Lipinski definition) is 1. The second-order valence-electron chi connectivity index (χ2n) is 8.99. The summed E-state index contributed by atoms with van der Waals surface area (Å²) in [5.41, 5.74) is 2.83. The Hall–Kier alpha value is -1.44. The lowest BCUT2D eigenvalue weighted by Gasteiger charge is -2.49. The van der Waals surface area contributed by atoms with Gasteiger partial charge in [-0.25, -0.2) is 8.42 Å². The van der Waals surface area contributed by atoms with E-state index in [1.165, 1.54) is 6.42 Å². The summed E-state index contributed by atoms with van der Waals surface area (Å²) < 4.78 is 26.5. The molecule has 1 aromatic rings. The fourth-order valence-electron chi connectivity index (χ4n) is 5.05. The smallest absolute Gasteiger partial charge is 0.251 e. The van der Waals surface area contributed by atoms with Crippen molar-refractivity contribution in [2.75, 3.05) is 38.5 Å². The summed E-state index contributed by atoms with van der Waals surface area (Å²) in [6, 6.07) is 5.93. The highest BCUT2D eigenvalue weighted by Crippen LogP contribution is 2.34. The molecule has 0 unspecified atom stereocenters. The van der Waals surface area contributed by atoms with Crippen molar-refractivity contribution in [3.05, 3.63) is 34.9 Å². The monoisotopic (exact) mass is 435 g/mol. The SMILES string of the molecule is CCCS(=O)(=O)N1CCN(C2(CNC(=O)c3ccc(C)cc3C)CCCCC2)CC1. The molecular weight excluding hydrogens is 398 g/mol. The van der Waals surface area contributed by atoms with Crippen molar-refractivity contribution in [3.8, 4) is 0 Å². The van der Waals surface area contributed by atoms with Gasteiger partial charge in [0.2, 0.25) is 10.0 Å². The highest BCUT2D eigenvalue weighted by Gasteiger charge is 2.40. The molecule has 1 heterocycles. The largest absolute Gasteiger partial charge is 0.350 e. The maximum absolute atomic E-state index is 12.9. The van der Waals surface area contributed by atoms with E-state index in [0.29, 0.717) is 26.1 Å². The molecule has 1 aliphatic heterocycles. The zero-order valence-corrected chi connectivity index (χ0v) is 19.6. The van der Waals surface area contributed by atoms with Crippen LogP contribution in [-0.4, -0.2) is 67.5 Å². The first kappa shape index (κ1) is 23.2. The summed E-state index contributed by atoms with van der Waals surface area (Å²) in [6.45, 7) is 9.12. The van der Waals surface area contributed by atoms with Crippen LogP contribution in [0, 0.1) is 13.8 Å². The Morgan fingerprint density at radius 1 is 1.07 bits per heavy atom. The molecule has 168 valence electrons. The van der Waals surface area contributed by atoms with Crippen LogP contribution in [0.3, 0.4) is 0 Å². The summed E-state index contributed by atoms with van der Waals surface area (Å²) in [4.78, 5) is 15.3. The first-order valence-corrected chi connectivity index (χ1v) is 13.0. The van der Waals surface area contributed by atoms with Crippen molar-refractivity contribution >= 4 is 15.9 Å². The maximum atomic E-state index is 12.9. The van der Waals surface area contributed by atoms with Gasteiger partial charge < -0.3 is 5.32 Å². The average Bonchev–Trinajstić information content (AvgIpc) is 2.73. The van der Waals surface area contributed by atoms with E-state index in [2.05, 4.69) is 10.2 Å². The van der Waals surface area contributed by atoms with Gasteiger partial charge in [0.05, 0.1) is 5.75 Å². The molecule has 6 nitrogen and oxygen atoms in total. The Balaban J connectivity index is 1.67. The van der Waals surface area contributed by atoms with E-state index in [1.54, 1.807) is 4.31 Å². The average molecular weight is 436 g/mol. The second-order valence-corrected chi connectivity index (χ2v) is 11.1. The van der Waals surface area contributed by atoms with Gasteiger partial charge in [-0.2, -0.15) is 4.31 Å². The summed E-state index contributed by atoms with van der Waals surface area (Å²) in [5.74, 6) is 0.214. The van der Waals surface area contributed by atoms with Crippen LogP contribution in [0.5, 0.6) is 0 Å². The van der Waals surface area contributed by atoms with E-state index < -0.39 is 10.0 Å². The van der Waals surface area contributed by atoms with Crippen molar-refractivity contribution in [3.63, 3.8) is 0 Å². The molecule has 1 aliphatic carbocycles. The molecule has 1 amide bonds. The molecule has 1 saturated carbocycles. The molecule has 1 saturated heterocycles. The van der Waals surface area contributed by atoms with Crippen LogP contribution in [-0.2, 0) is 10.0 Å². The second kappa shape index (κ2) is 9.79. The standard InChI is InChI=1S/C23H37N3O3S/c1-4-16-30(28,29)26-14-12-25(13-15-26)23(10-6-5-7-11-23)18-24-22(27)21-9-8-19(2)17-20(21)3/h8-9,17H,4-7,10-16,18H2,1-3H3,(H,24,27). The highest BCUT2D eigenvalue weighted by atomic mass is 32.2. The number of nitrogens with one attached hydrogen (secondary N) is 1. The molecule has 0 radical (unpaired) electrons. The lowest BCUT2D eigenvalue weighted by molar-refractivity contribution is 0.0240. The molecular formula is C23H37N3O3S. The lowest BCUT2D eigenvalue weighted by atomic mass is 9.79. The summed E-state index contributed by atoms with van der Waals surface area (Å²) in [6.07, 6.45) is 6.32. The van der Waals surface area contributed by atoms with Gasteiger partial charge in [0.1, 0.15) is 0 Å². The van der Waals surface area contributed by atoms with Gasteiger partial charge in [-0.1, -0.05) is 43.9 Å². The molecule has 2 aliphatic rings. The van der Waals surface area contributed by atoms with Crippen LogP contribution in [0.25, 0.3) is 0 Å². The minimum atomic E-state index is -3.14. The Kier molecular flexibility index (Phi) is 7.58. The number of amides is 1. The van der Waals surface area contributed by atoms with Crippen molar-refractivity contribution in [1.82, 2.24) is 14.5 Å². The van der Waals surface area contributed by atoms with E-state index >= 15 is 0 Å². The predicted octanol–water partition coefficient (Wildman–Crippen LogP) is 3.09. The van der Waals surface area contributed by atoms with Crippen molar-refractivity contribution in [2.24, 2.45) is 0 Å². The normalized spacial score (nSPS) is 20.8. The Morgan fingerprint density at radius 3 is 2.33 bits per heavy atom. The van der Waals surface area contributed by atoms with Gasteiger partial charge >= 0.3 is 0 Å². The summed E-state index contributed by atoms with van der Waals surface area (Å²) >= 11 is 0. The van der Waals surface area contributed by atoms with Crippen molar-refractivity contribution < 1.29 is 13.2 Å². The van der Waals surface area contributed by atoms with E-state index in [9.17, 15) is 13.2 Å². The van der Waals surface area contributed by atoms with Gasteiger partial charge in [0.25, 0.3) is 5.91 Å². The number of rotatable bonds is 7.